The third kappa shape index (κ3) is 4.26. The zero-order valence-electron chi connectivity index (χ0n) is 16.7. The van der Waals surface area contributed by atoms with Gasteiger partial charge in [0.1, 0.15) is 6.04 Å². The van der Waals surface area contributed by atoms with Crippen molar-refractivity contribution in [1.29, 1.82) is 0 Å². The van der Waals surface area contributed by atoms with Crippen molar-refractivity contribution in [2.75, 3.05) is 13.1 Å². The van der Waals surface area contributed by atoms with Gasteiger partial charge < -0.3 is 16.0 Å². The molecule has 2 aliphatic heterocycles. The van der Waals surface area contributed by atoms with E-state index in [2.05, 4.69) is 5.32 Å². The van der Waals surface area contributed by atoms with E-state index in [-0.39, 0.29) is 29.7 Å². The number of nitrogens with zero attached hydrogens (tertiary/aromatic N) is 2. The molecule has 0 aromatic rings. The Kier molecular flexibility index (Phi) is 6.45. The maximum Gasteiger partial charge on any atom is 0.252 e. The van der Waals surface area contributed by atoms with E-state index in [0.717, 1.165) is 25.8 Å². The Bertz CT molecular complexity index is 549. The van der Waals surface area contributed by atoms with E-state index in [4.69, 9.17) is 5.73 Å². The van der Waals surface area contributed by atoms with Gasteiger partial charge in [-0.1, -0.05) is 13.8 Å². The van der Waals surface area contributed by atoms with Gasteiger partial charge in [0.15, 0.2) is 0 Å². The second-order valence-electron chi connectivity index (χ2n) is 8.79. The van der Waals surface area contributed by atoms with E-state index in [1.807, 2.05) is 34.6 Å². The van der Waals surface area contributed by atoms with Crippen LogP contribution in [-0.4, -0.2) is 64.3 Å². The number of nitrogens with one attached hydrogen (secondary N) is 1. The minimum Gasteiger partial charge on any atom is -0.329 e. The SMILES string of the molecule is CC(C)[C@H](N)C(=O)N1CCC[C@H]1C(=O)N(C(=O)[C@@H]1CCCN1)C(C)(C)C. The number of nitrogens with two attached hydrogens (primary N) is 1. The highest BCUT2D eigenvalue weighted by atomic mass is 16.2. The molecule has 3 amide bonds. The molecule has 0 spiro atoms. The Balaban J connectivity index is 2.23. The molecule has 2 saturated heterocycles. The summed E-state index contributed by atoms with van der Waals surface area (Å²) in [6.45, 7) is 10.7. The van der Waals surface area contributed by atoms with Crippen molar-refractivity contribution < 1.29 is 14.4 Å². The minimum atomic E-state index is -0.643. The summed E-state index contributed by atoms with van der Waals surface area (Å²) in [4.78, 5) is 42.0. The van der Waals surface area contributed by atoms with Crippen LogP contribution in [0.5, 0.6) is 0 Å². The summed E-state index contributed by atoms with van der Waals surface area (Å²) >= 11 is 0. The minimum absolute atomic E-state index is 0.00175. The molecule has 0 unspecified atom stereocenters. The van der Waals surface area contributed by atoms with Gasteiger partial charge >= 0.3 is 0 Å². The first kappa shape index (κ1) is 20.8. The first-order valence-electron chi connectivity index (χ1n) is 9.73. The average molecular weight is 367 g/mol. The van der Waals surface area contributed by atoms with Crippen LogP contribution in [0.1, 0.15) is 60.3 Å². The highest BCUT2D eigenvalue weighted by Gasteiger charge is 2.45. The Morgan fingerprint density at radius 3 is 2.27 bits per heavy atom. The molecule has 3 atom stereocenters. The molecular weight excluding hydrogens is 332 g/mol. The molecule has 148 valence electrons. The van der Waals surface area contributed by atoms with Crippen molar-refractivity contribution in [3.63, 3.8) is 0 Å². The van der Waals surface area contributed by atoms with Crippen LogP contribution >= 0.6 is 0 Å². The Morgan fingerprint density at radius 1 is 1.12 bits per heavy atom. The van der Waals surface area contributed by atoms with Crippen molar-refractivity contribution in [1.82, 2.24) is 15.1 Å². The van der Waals surface area contributed by atoms with Crippen LogP contribution in [0.2, 0.25) is 0 Å². The third-order valence-electron chi connectivity index (χ3n) is 5.29. The summed E-state index contributed by atoms with van der Waals surface area (Å²) in [6, 6.07) is -1.54. The summed E-state index contributed by atoms with van der Waals surface area (Å²) < 4.78 is 0. The van der Waals surface area contributed by atoms with E-state index < -0.39 is 17.6 Å². The molecule has 2 heterocycles. The smallest absolute Gasteiger partial charge is 0.252 e. The van der Waals surface area contributed by atoms with Crippen LogP contribution in [0.3, 0.4) is 0 Å². The number of carbonyl (C=O) groups excluding carboxylic acids is 3. The molecule has 7 nitrogen and oxygen atoms in total. The van der Waals surface area contributed by atoms with Crippen LogP contribution in [0.15, 0.2) is 0 Å². The molecule has 7 heteroatoms. The molecule has 2 aliphatic rings. The lowest BCUT2D eigenvalue weighted by atomic mass is 10.00. The fourth-order valence-electron chi connectivity index (χ4n) is 3.73. The first-order valence-corrected chi connectivity index (χ1v) is 9.73. The molecule has 0 aliphatic carbocycles. The molecule has 0 radical (unpaired) electrons. The lowest BCUT2D eigenvalue weighted by Crippen LogP contribution is -2.60. The summed E-state index contributed by atoms with van der Waals surface area (Å²) in [6.07, 6.45) is 3.00. The molecule has 0 saturated carbocycles. The van der Waals surface area contributed by atoms with Crippen molar-refractivity contribution in [3.05, 3.63) is 0 Å². The van der Waals surface area contributed by atoms with E-state index in [1.165, 1.54) is 4.90 Å². The van der Waals surface area contributed by atoms with E-state index in [1.54, 1.807) is 4.90 Å². The number of likely N-dealkylation sites (tertiary alicyclic amines) is 1. The standard InChI is InChI=1S/C19H34N4O3/c1-12(2)15(20)18(26)22-11-7-9-14(22)17(25)23(19(3,4)5)16(24)13-8-6-10-21-13/h12-15,21H,6-11,20H2,1-5H3/t13-,14-,15-/m0/s1. The highest BCUT2D eigenvalue weighted by molar-refractivity contribution is 6.02. The molecule has 2 fully saturated rings. The number of hydrogen-bond donors (Lipinski definition) is 2. The van der Waals surface area contributed by atoms with Crippen molar-refractivity contribution in [3.8, 4) is 0 Å². The summed E-state index contributed by atoms with van der Waals surface area (Å²) in [7, 11) is 0. The quantitative estimate of drug-likeness (QED) is 0.720. The Hall–Kier alpha value is -1.47. The number of hydrogen-bond acceptors (Lipinski definition) is 5. The zero-order chi connectivity index (χ0) is 19.6. The first-order chi connectivity index (χ1) is 12.1. The molecule has 0 bridgehead atoms. The maximum absolute atomic E-state index is 13.3. The average Bonchev–Trinajstić information content (AvgIpc) is 3.22. The van der Waals surface area contributed by atoms with E-state index in [9.17, 15) is 14.4 Å². The lowest BCUT2D eigenvalue weighted by molar-refractivity contribution is -0.157. The second-order valence-corrected chi connectivity index (χ2v) is 8.79. The molecule has 26 heavy (non-hydrogen) atoms. The molecule has 2 rings (SSSR count). The third-order valence-corrected chi connectivity index (χ3v) is 5.29. The van der Waals surface area contributed by atoms with Crippen molar-refractivity contribution in [2.45, 2.75) is 84.0 Å². The number of amides is 3. The molecule has 0 aromatic carbocycles. The van der Waals surface area contributed by atoms with Gasteiger partial charge in [-0.15, -0.1) is 0 Å². The molecular formula is C19H34N4O3. The monoisotopic (exact) mass is 366 g/mol. The van der Waals surface area contributed by atoms with Crippen LogP contribution in [0.4, 0.5) is 0 Å². The van der Waals surface area contributed by atoms with Crippen LogP contribution < -0.4 is 11.1 Å². The van der Waals surface area contributed by atoms with Gasteiger partial charge in [-0.2, -0.15) is 0 Å². The van der Waals surface area contributed by atoms with E-state index in [0.29, 0.717) is 13.0 Å². The maximum atomic E-state index is 13.3. The normalized spacial score (nSPS) is 24.8. The van der Waals surface area contributed by atoms with Crippen molar-refractivity contribution >= 4 is 17.7 Å². The predicted molar refractivity (Wildman–Crippen MR) is 100 cm³/mol. The van der Waals surface area contributed by atoms with Gasteiger partial charge in [-0.25, -0.2) is 0 Å². The molecule has 0 aromatic heterocycles. The molecule has 3 N–H and O–H groups in total. The highest BCUT2D eigenvalue weighted by Crippen LogP contribution is 2.26. The lowest BCUT2D eigenvalue weighted by Gasteiger charge is -2.39. The van der Waals surface area contributed by atoms with Gasteiger partial charge in [0.2, 0.25) is 11.8 Å². The van der Waals surface area contributed by atoms with Gasteiger partial charge in [-0.3, -0.25) is 19.3 Å². The summed E-state index contributed by atoms with van der Waals surface area (Å²) in [5.41, 5.74) is 5.39. The van der Waals surface area contributed by atoms with Crippen LogP contribution in [-0.2, 0) is 14.4 Å². The Labute approximate surface area is 156 Å². The topological polar surface area (TPSA) is 95.7 Å². The van der Waals surface area contributed by atoms with Crippen LogP contribution in [0, 0.1) is 5.92 Å². The number of rotatable bonds is 4. The fourth-order valence-corrected chi connectivity index (χ4v) is 3.73. The number of imide groups is 1. The van der Waals surface area contributed by atoms with Gasteiger partial charge in [-0.05, 0) is 58.9 Å². The summed E-state index contributed by atoms with van der Waals surface area (Å²) in [5.74, 6) is -0.663. The zero-order valence-corrected chi connectivity index (χ0v) is 16.7. The van der Waals surface area contributed by atoms with Crippen molar-refractivity contribution in [2.24, 2.45) is 11.7 Å². The van der Waals surface area contributed by atoms with Gasteiger partial charge in [0.05, 0.1) is 12.1 Å². The number of carbonyl (C=O) groups is 3. The second kappa shape index (κ2) is 8.05. The summed E-state index contributed by atoms with van der Waals surface area (Å²) in [5, 5.41) is 3.18. The Morgan fingerprint density at radius 2 is 1.77 bits per heavy atom. The van der Waals surface area contributed by atoms with Crippen LogP contribution in [0.25, 0.3) is 0 Å². The predicted octanol–water partition coefficient (Wildman–Crippen LogP) is 0.866. The van der Waals surface area contributed by atoms with E-state index >= 15 is 0 Å². The van der Waals surface area contributed by atoms with Gasteiger partial charge in [0, 0.05) is 12.1 Å². The largest absolute Gasteiger partial charge is 0.329 e. The fraction of sp³-hybridized carbons (Fsp3) is 0.842. The van der Waals surface area contributed by atoms with Gasteiger partial charge in [0.25, 0.3) is 5.91 Å².